The van der Waals surface area contributed by atoms with Crippen molar-refractivity contribution in [1.82, 2.24) is 5.43 Å². The van der Waals surface area contributed by atoms with E-state index in [-0.39, 0.29) is 10.6 Å². The molecule has 128 valence electrons. The van der Waals surface area contributed by atoms with Gasteiger partial charge in [-0.05, 0) is 42.5 Å². The van der Waals surface area contributed by atoms with Crippen LogP contribution in [0.15, 0.2) is 64.1 Å². The van der Waals surface area contributed by atoms with E-state index in [9.17, 15) is 4.79 Å². The fraction of sp³-hybridized carbons (Fsp3) is 0. The molecule has 26 heavy (non-hydrogen) atoms. The number of benzene rings is 2. The molecule has 2 aromatic carbocycles. The third-order valence-electron chi connectivity index (χ3n) is 3.47. The highest BCUT2D eigenvalue weighted by Gasteiger charge is 2.10. The first kappa shape index (κ1) is 17.7. The lowest BCUT2D eigenvalue weighted by Gasteiger charge is -2.02. The lowest BCUT2D eigenvalue weighted by molar-refractivity contribution is 0.0955. The quantitative estimate of drug-likeness (QED) is 0.514. The average molecular weight is 384 g/mol. The van der Waals surface area contributed by atoms with Gasteiger partial charge < -0.3 is 4.42 Å². The zero-order valence-corrected chi connectivity index (χ0v) is 14.8. The number of nitrogens with zero attached hydrogens (tertiary/aromatic N) is 2. The minimum atomic E-state index is -0.468. The van der Waals surface area contributed by atoms with Crippen molar-refractivity contribution in [2.75, 3.05) is 0 Å². The predicted molar refractivity (Wildman–Crippen MR) is 100 cm³/mol. The second-order valence-corrected chi connectivity index (χ2v) is 6.03. The van der Waals surface area contributed by atoms with Crippen molar-refractivity contribution in [3.05, 3.63) is 81.5 Å². The Morgan fingerprint density at radius 3 is 2.73 bits per heavy atom. The molecule has 1 aromatic heterocycles. The first-order chi connectivity index (χ1) is 12.6. The molecule has 3 rings (SSSR count). The van der Waals surface area contributed by atoms with E-state index in [4.69, 9.17) is 32.9 Å². The van der Waals surface area contributed by atoms with Crippen molar-refractivity contribution in [3.8, 4) is 17.4 Å². The summed E-state index contributed by atoms with van der Waals surface area (Å²) in [6.07, 6.45) is 1.36. The van der Waals surface area contributed by atoms with Crippen LogP contribution in [0.2, 0.25) is 10.0 Å². The highest BCUT2D eigenvalue weighted by Crippen LogP contribution is 2.25. The minimum absolute atomic E-state index is 0.235. The van der Waals surface area contributed by atoms with Crippen LogP contribution < -0.4 is 5.43 Å². The lowest BCUT2D eigenvalue weighted by atomic mass is 10.1. The maximum Gasteiger partial charge on any atom is 0.272 e. The maximum atomic E-state index is 12.1. The summed E-state index contributed by atoms with van der Waals surface area (Å²) in [5.74, 6) is 0.496. The van der Waals surface area contributed by atoms with Gasteiger partial charge in [-0.2, -0.15) is 10.4 Å². The number of furan rings is 1. The number of nitriles is 1. The smallest absolute Gasteiger partial charge is 0.272 e. The summed E-state index contributed by atoms with van der Waals surface area (Å²) in [5, 5.41) is 13.7. The zero-order valence-electron chi connectivity index (χ0n) is 13.2. The summed E-state index contributed by atoms with van der Waals surface area (Å²) >= 11 is 11.8. The number of hydrazone groups is 1. The minimum Gasteiger partial charge on any atom is -0.455 e. The monoisotopic (exact) mass is 383 g/mol. The van der Waals surface area contributed by atoms with Crippen molar-refractivity contribution in [2.24, 2.45) is 5.10 Å². The maximum absolute atomic E-state index is 12.1. The summed E-state index contributed by atoms with van der Waals surface area (Å²) in [4.78, 5) is 12.1. The Morgan fingerprint density at radius 2 is 1.96 bits per heavy atom. The zero-order chi connectivity index (χ0) is 18.5. The Bertz CT molecular complexity index is 1040. The van der Waals surface area contributed by atoms with Gasteiger partial charge in [-0.3, -0.25) is 4.79 Å². The van der Waals surface area contributed by atoms with Gasteiger partial charge in [0.05, 0.1) is 28.4 Å². The van der Waals surface area contributed by atoms with Gasteiger partial charge in [0, 0.05) is 10.6 Å². The summed E-state index contributed by atoms with van der Waals surface area (Å²) in [5.41, 5.74) is 3.83. The van der Waals surface area contributed by atoms with Crippen molar-refractivity contribution in [2.45, 2.75) is 0 Å². The second kappa shape index (κ2) is 7.87. The molecule has 0 atom stereocenters. The Kier molecular flexibility index (Phi) is 5.37. The highest BCUT2D eigenvalue weighted by molar-refractivity contribution is 6.36. The van der Waals surface area contributed by atoms with E-state index in [0.717, 1.165) is 0 Å². The summed E-state index contributed by atoms with van der Waals surface area (Å²) in [7, 11) is 0. The fourth-order valence-electron chi connectivity index (χ4n) is 2.25. The third kappa shape index (κ3) is 3.94. The molecule has 1 N–H and O–H groups in total. The molecule has 1 heterocycles. The molecule has 0 spiro atoms. The van der Waals surface area contributed by atoms with Gasteiger partial charge in [-0.1, -0.05) is 35.3 Å². The van der Waals surface area contributed by atoms with E-state index < -0.39 is 5.91 Å². The van der Waals surface area contributed by atoms with Gasteiger partial charge in [0.2, 0.25) is 0 Å². The Hall–Kier alpha value is -3.07. The molecule has 0 unspecified atom stereocenters. The number of nitrogens with one attached hydrogen (secondary N) is 1. The molecule has 0 aliphatic heterocycles. The molecular weight excluding hydrogens is 373 g/mol. The van der Waals surface area contributed by atoms with Crippen LogP contribution in [0.25, 0.3) is 11.3 Å². The number of hydrogen-bond acceptors (Lipinski definition) is 4. The summed E-state index contributed by atoms with van der Waals surface area (Å²) in [6.45, 7) is 0. The normalized spacial score (nSPS) is 10.7. The summed E-state index contributed by atoms with van der Waals surface area (Å²) < 4.78 is 5.64. The first-order valence-corrected chi connectivity index (χ1v) is 8.22. The van der Waals surface area contributed by atoms with Gasteiger partial charge in [0.15, 0.2) is 0 Å². The van der Waals surface area contributed by atoms with Crippen LogP contribution in [0.3, 0.4) is 0 Å². The SMILES string of the molecule is N#Cc1ccccc1-c1ccc(/C=N\NC(=O)c2ccc(Cl)cc2Cl)o1. The highest BCUT2D eigenvalue weighted by atomic mass is 35.5. The Labute approximate surface area is 159 Å². The van der Waals surface area contributed by atoms with Gasteiger partial charge >= 0.3 is 0 Å². The van der Waals surface area contributed by atoms with Crippen molar-refractivity contribution in [1.29, 1.82) is 5.26 Å². The molecule has 0 saturated carbocycles. The van der Waals surface area contributed by atoms with E-state index in [1.807, 2.05) is 6.07 Å². The van der Waals surface area contributed by atoms with Gasteiger partial charge in [0.25, 0.3) is 5.91 Å². The molecule has 0 aliphatic carbocycles. The van der Waals surface area contributed by atoms with Crippen molar-refractivity contribution in [3.63, 3.8) is 0 Å². The van der Waals surface area contributed by atoms with E-state index in [1.54, 1.807) is 36.4 Å². The molecule has 0 fully saturated rings. The van der Waals surface area contributed by atoms with Crippen molar-refractivity contribution < 1.29 is 9.21 Å². The van der Waals surface area contributed by atoms with Crippen LogP contribution in [0.5, 0.6) is 0 Å². The van der Waals surface area contributed by atoms with E-state index >= 15 is 0 Å². The standard InChI is InChI=1S/C19H11Cl2N3O2/c20-13-5-7-16(17(21)9-13)19(25)24-23-11-14-6-8-18(26-14)15-4-2-1-3-12(15)10-22/h1-9,11H,(H,24,25)/b23-11-. The number of rotatable bonds is 4. The van der Waals surface area contributed by atoms with Crippen molar-refractivity contribution >= 4 is 35.3 Å². The van der Waals surface area contributed by atoms with E-state index in [1.165, 1.54) is 18.3 Å². The molecule has 5 nitrogen and oxygen atoms in total. The predicted octanol–water partition coefficient (Wildman–Crippen LogP) is 4.89. The Balaban J connectivity index is 1.71. The fourth-order valence-corrected chi connectivity index (χ4v) is 2.75. The molecular formula is C19H11Cl2N3O2. The van der Waals surface area contributed by atoms with Gasteiger partial charge in [-0.25, -0.2) is 5.43 Å². The topological polar surface area (TPSA) is 78.4 Å². The third-order valence-corrected chi connectivity index (χ3v) is 4.02. The molecule has 3 aromatic rings. The van der Waals surface area contributed by atoms with E-state index in [2.05, 4.69) is 16.6 Å². The molecule has 0 radical (unpaired) electrons. The molecule has 0 aliphatic rings. The van der Waals surface area contributed by atoms with Gasteiger partial charge in [-0.15, -0.1) is 0 Å². The average Bonchev–Trinajstić information content (AvgIpc) is 3.10. The van der Waals surface area contributed by atoms with E-state index in [0.29, 0.717) is 27.7 Å². The second-order valence-electron chi connectivity index (χ2n) is 5.18. The largest absolute Gasteiger partial charge is 0.455 e. The van der Waals surface area contributed by atoms with Gasteiger partial charge in [0.1, 0.15) is 11.5 Å². The van der Waals surface area contributed by atoms with Crippen LogP contribution >= 0.6 is 23.2 Å². The Morgan fingerprint density at radius 1 is 1.15 bits per heavy atom. The molecule has 1 amide bonds. The number of carbonyl (C=O) groups excluding carboxylic acids is 1. The van der Waals surface area contributed by atoms with Crippen LogP contribution in [-0.4, -0.2) is 12.1 Å². The molecule has 0 bridgehead atoms. The van der Waals surface area contributed by atoms with Crippen LogP contribution in [-0.2, 0) is 0 Å². The number of hydrogen-bond donors (Lipinski definition) is 1. The van der Waals surface area contributed by atoms with Crippen LogP contribution in [0.4, 0.5) is 0 Å². The first-order valence-electron chi connectivity index (χ1n) is 7.46. The lowest BCUT2D eigenvalue weighted by Crippen LogP contribution is -2.17. The number of halogens is 2. The van der Waals surface area contributed by atoms with Crippen LogP contribution in [0, 0.1) is 11.3 Å². The van der Waals surface area contributed by atoms with Crippen LogP contribution in [0.1, 0.15) is 21.7 Å². The summed E-state index contributed by atoms with van der Waals surface area (Å²) in [6, 6.07) is 17.2. The molecule has 7 heteroatoms. The molecule has 0 saturated heterocycles. The number of carbonyl (C=O) groups is 1. The number of amides is 1.